The maximum Gasteiger partial charge on any atom is 0.259 e. The predicted molar refractivity (Wildman–Crippen MR) is 264 cm³/mol. The molecule has 0 bridgehead atoms. The summed E-state index contributed by atoms with van der Waals surface area (Å²) >= 11 is 1.99. The monoisotopic (exact) mass is 808 g/mol. The van der Waals surface area contributed by atoms with Crippen molar-refractivity contribution in [2.75, 3.05) is 9.80 Å². The van der Waals surface area contributed by atoms with Crippen molar-refractivity contribution in [1.82, 2.24) is 0 Å². The summed E-state index contributed by atoms with van der Waals surface area (Å²) in [6.07, 6.45) is 0. The first-order valence-corrected chi connectivity index (χ1v) is 22.4. The standard InChI is InChI=1S/C56H49BN2OS/c1-34-17-15-22-41-40-20-9-10-21-42(40)51-52-54(61-53(51)50(34)41)57(38-19-16-18-36(32-38)55(3,4)5)43-29-28-39(33-47(43)59(52)44-30-27-37(31-35(44)2)56(6,7)8)58-45-23-11-13-25-48(45)60-49-26-14-12-24-46(49)58/h9-33H,1-8H3. The SMILES string of the molecule is Cc1cc(C(C)(C)C)ccc1N1c2cc(N3c4ccccc4Oc4ccccc43)ccc2B(c2cccc(C(C)(C)C)c2)c2sc3c4c(C)cccc4c4ccccc4c3c21. The molecular weight excluding hydrogens is 760 g/mol. The first kappa shape index (κ1) is 37.7. The highest BCUT2D eigenvalue weighted by Gasteiger charge is 2.41. The molecule has 0 N–H and O–H groups in total. The van der Waals surface area contributed by atoms with Crippen molar-refractivity contribution in [3.8, 4) is 11.5 Å². The molecule has 0 aliphatic carbocycles. The van der Waals surface area contributed by atoms with Crippen LogP contribution in [0.4, 0.5) is 34.1 Å². The van der Waals surface area contributed by atoms with Crippen molar-refractivity contribution in [3.63, 3.8) is 0 Å². The quantitative estimate of drug-likeness (QED) is 0.131. The van der Waals surface area contributed by atoms with Crippen molar-refractivity contribution in [2.45, 2.75) is 66.2 Å². The molecule has 2 aliphatic rings. The molecule has 5 heteroatoms. The van der Waals surface area contributed by atoms with Gasteiger partial charge in [0, 0.05) is 37.3 Å². The molecule has 11 rings (SSSR count). The Morgan fingerprint density at radius 1 is 0.492 bits per heavy atom. The van der Waals surface area contributed by atoms with E-state index in [1.54, 1.807) is 0 Å². The van der Waals surface area contributed by atoms with Gasteiger partial charge in [-0.2, -0.15) is 0 Å². The fourth-order valence-corrected chi connectivity index (χ4v) is 11.5. The van der Waals surface area contributed by atoms with Gasteiger partial charge in [0.25, 0.3) is 6.71 Å². The van der Waals surface area contributed by atoms with E-state index in [1.807, 2.05) is 11.3 Å². The number of benzene rings is 8. The van der Waals surface area contributed by atoms with Gasteiger partial charge in [0.05, 0.1) is 17.1 Å². The van der Waals surface area contributed by atoms with Gasteiger partial charge in [0.1, 0.15) is 0 Å². The van der Waals surface area contributed by atoms with Crippen LogP contribution in [0.2, 0.25) is 0 Å². The van der Waals surface area contributed by atoms with Crippen LogP contribution in [0.25, 0.3) is 31.6 Å². The minimum absolute atomic E-state index is 0.00105. The molecule has 0 unspecified atom stereocenters. The molecule has 298 valence electrons. The molecule has 0 amide bonds. The Morgan fingerprint density at radius 3 is 1.82 bits per heavy atom. The van der Waals surface area contributed by atoms with Crippen molar-refractivity contribution in [3.05, 3.63) is 174 Å². The Balaban J connectivity index is 1.29. The molecule has 0 spiro atoms. The number of para-hydroxylation sites is 4. The van der Waals surface area contributed by atoms with Crippen LogP contribution >= 0.6 is 11.3 Å². The topological polar surface area (TPSA) is 15.7 Å². The van der Waals surface area contributed by atoms with Crippen LogP contribution in [0.15, 0.2) is 152 Å². The summed E-state index contributed by atoms with van der Waals surface area (Å²) in [5.74, 6) is 1.70. The van der Waals surface area contributed by atoms with Crippen molar-refractivity contribution >= 4 is 99.5 Å². The molecule has 2 aliphatic heterocycles. The van der Waals surface area contributed by atoms with Crippen LogP contribution in [-0.2, 0) is 10.8 Å². The van der Waals surface area contributed by atoms with Gasteiger partial charge in [-0.3, -0.25) is 0 Å². The lowest BCUT2D eigenvalue weighted by Crippen LogP contribution is -2.56. The third kappa shape index (κ3) is 5.85. The number of thiophene rings is 1. The summed E-state index contributed by atoms with van der Waals surface area (Å²) in [6, 6.07) is 56.5. The van der Waals surface area contributed by atoms with Crippen LogP contribution in [0.3, 0.4) is 0 Å². The maximum atomic E-state index is 6.52. The van der Waals surface area contributed by atoms with E-state index in [-0.39, 0.29) is 17.5 Å². The molecule has 61 heavy (non-hydrogen) atoms. The number of fused-ring (bicyclic) bond motifs is 11. The molecule has 0 fully saturated rings. The first-order chi connectivity index (χ1) is 29.4. The molecule has 0 atom stereocenters. The Kier molecular flexibility index (Phi) is 8.41. The second-order valence-electron chi connectivity index (χ2n) is 19.1. The van der Waals surface area contributed by atoms with Gasteiger partial charge in [-0.15, -0.1) is 11.3 Å². The number of hydrogen-bond acceptors (Lipinski definition) is 4. The third-order valence-electron chi connectivity index (χ3n) is 13.0. The van der Waals surface area contributed by atoms with E-state index in [4.69, 9.17) is 4.74 Å². The average Bonchev–Trinajstić information content (AvgIpc) is 3.64. The second kappa shape index (κ2) is 13.6. The van der Waals surface area contributed by atoms with E-state index in [2.05, 4.69) is 217 Å². The van der Waals surface area contributed by atoms with Gasteiger partial charge in [-0.25, -0.2) is 0 Å². The van der Waals surface area contributed by atoms with E-state index >= 15 is 0 Å². The lowest BCUT2D eigenvalue weighted by Gasteiger charge is -2.39. The highest BCUT2D eigenvalue weighted by atomic mass is 32.1. The predicted octanol–water partition coefficient (Wildman–Crippen LogP) is 14.3. The lowest BCUT2D eigenvalue weighted by molar-refractivity contribution is 0.477. The normalized spacial score (nSPS) is 13.6. The zero-order chi connectivity index (χ0) is 41.9. The maximum absolute atomic E-state index is 6.52. The van der Waals surface area contributed by atoms with E-state index in [1.165, 1.54) is 86.6 Å². The Bertz CT molecular complexity index is 3210. The Hall–Kier alpha value is -6.30. The summed E-state index contributed by atoms with van der Waals surface area (Å²) in [7, 11) is 0. The molecule has 3 nitrogen and oxygen atoms in total. The van der Waals surface area contributed by atoms with E-state index in [9.17, 15) is 0 Å². The van der Waals surface area contributed by atoms with E-state index in [0.717, 1.165) is 28.6 Å². The summed E-state index contributed by atoms with van der Waals surface area (Å²) < 4.78 is 9.25. The first-order valence-electron chi connectivity index (χ1n) is 21.5. The highest BCUT2D eigenvalue weighted by molar-refractivity contribution is 7.34. The van der Waals surface area contributed by atoms with Crippen LogP contribution in [0.5, 0.6) is 11.5 Å². The second-order valence-corrected chi connectivity index (χ2v) is 20.1. The van der Waals surface area contributed by atoms with Crippen LogP contribution in [0.1, 0.15) is 63.8 Å². The summed E-state index contributed by atoms with van der Waals surface area (Å²) in [6.45, 7) is 18.5. The van der Waals surface area contributed by atoms with Crippen LogP contribution in [0, 0.1) is 13.8 Å². The smallest absolute Gasteiger partial charge is 0.259 e. The molecule has 0 saturated carbocycles. The fourth-order valence-electron chi connectivity index (χ4n) is 9.91. The van der Waals surface area contributed by atoms with Gasteiger partial charge in [0.2, 0.25) is 0 Å². The molecule has 8 aromatic carbocycles. The number of anilines is 6. The van der Waals surface area contributed by atoms with E-state index in [0.29, 0.717) is 0 Å². The Morgan fingerprint density at radius 2 is 1.11 bits per heavy atom. The van der Waals surface area contributed by atoms with Crippen LogP contribution in [-0.4, -0.2) is 6.71 Å². The van der Waals surface area contributed by atoms with Crippen molar-refractivity contribution < 1.29 is 4.74 Å². The molecule has 3 heterocycles. The van der Waals surface area contributed by atoms with Gasteiger partial charge in [0.15, 0.2) is 11.5 Å². The fraction of sp³-hybridized carbons (Fsp3) is 0.179. The Labute approximate surface area is 363 Å². The molecule has 0 saturated heterocycles. The molecule has 9 aromatic rings. The summed E-state index contributed by atoms with van der Waals surface area (Å²) in [5.41, 5.74) is 14.7. The summed E-state index contributed by atoms with van der Waals surface area (Å²) in [5, 5.41) is 6.58. The van der Waals surface area contributed by atoms with Gasteiger partial charge >= 0.3 is 0 Å². The van der Waals surface area contributed by atoms with Gasteiger partial charge < -0.3 is 14.5 Å². The van der Waals surface area contributed by atoms with Gasteiger partial charge in [-0.1, -0.05) is 156 Å². The lowest BCUT2D eigenvalue weighted by atomic mass is 9.38. The zero-order valence-corrected chi connectivity index (χ0v) is 37.0. The molecule has 0 radical (unpaired) electrons. The largest absolute Gasteiger partial charge is 0.453 e. The highest BCUT2D eigenvalue weighted by Crippen LogP contribution is 2.53. The summed E-state index contributed by atoms with van der Waals surface area (Å²) in [4.78, 5) is 5.01. The minimum atomic E-state index is -0.00105. The molecular formula is C56H49BN2OS. The van der Waals surface area contributed by atoms with E-state index < -0.39 is 0 Å². The van der Waals surface area contributed by atoms with Crippen molar-refractivity contribution in [1.29, 1.82) is 0 Å². The number of nitrogens with zero attached hydrogens (tertiary/aromatic N) is 2. The number of aryl methyl sites for hydroxylation is 2. The third-order valence-corrected chi connectivity index (χ3v) is 14.3. The van der Waals surface area contributed by atoms with Gasteiger partial charge in [-0.05, 0) is 111 Å². The van der Waals surface area contributed by atoms with Crippen molar-refractivity contribution in [2.24, 2.45) is 0 Å². The van der Waals surface area contributed by atoms with Crippen LogP contribution < -0.4 is 30.2 Å². The zero-order valence-electron chi connectivity index (χ0n) is 36.2. The number of ether oxygens (including phenoxy) is 1. The number of rotatable bonds is 3. The minimum Gasteiger partial charge on any atom is -0.453 e. The number of hydrogen-bond donors (Lipinski definition) is 0. The average molecular weight is 809 g/mol. The molecule has 1 aromatic heterocycles.